The van der Waals surface area contributed by atoms with E-state index in [1.165, 1.54) is 0 Å². The lowest BCUT2D eigenvalue weighted by atomic mass is 10.1. The van der Waals surface area contributed by atoms with E-state index in [1.807, 2.05) is 12.3 Å². The van der Waals surface area contributed by atoms with Gasteiger partial charge in [-0.1, -0.05) is 6.92 Å². The highest BCUT2D eigenvalue weighted by Gasteiger charge is 2.26. The van der Waals surface area contributed by atoms with Gasteiger partial charge in [0.1, 0.15) is 5.84 Å². The summed E-state index contributed by atoms with van der Waals surface area (Å²) in [7, 11) is -1.66. The third-order valence-electron chi connectivity index (χ3n) is 3.72. The zero-order chi connectivity index (χ0) is 17.3. The third kappa shape index (κ3) is 3.57. The number of carbonyl (C=O) groups excluding carboxylic acids is 1. The quantitative estimate of drug-likeness (QED) is 0.799. The van der Waals surface area contributed by atoms with E-state index < -0.39 is 10.0 Å². The second kappa shape index (κ2) is 6.48. The first-order chi connectivity index (χ1) is 11.4. The van der Waals surface area contributed by atoms with Gasteiger partial charge in [0.25, 0.3) is 15.9 Å². The van der Waals surface area contributed by atoms with Crippen LogP contribution in [0.1, 0.15) is 17.6 Å². The largest absolute Gasteiger partial charge is 0.336 e. The second-order valence-corrected chi connectivity index (χ2v) is 8.29. The average Bonchev–Trinajstić information content (AvgIpc) is 3.00. The topological polar surface area (TPSA) is 82.9 Å². The molecule has 0 aliphatic carbocycles. The number of sulfonamides is 1. The van der Waals surface area contributed by atoms with Gasteiger partial charge in [-0.15, -0.1) is 15.7 Å². The SMILES string of the molecule is CCc1nc(CN(C)C(=O)C2=CN3CCS(=O)(=O)N=C3C=C2)cs1. The van der Waals surface area contributed by atoms with Gasteiger partial charge in [0.2, 0.25) is 0 Å². The molecule has 24 heavy (non-hydrogen) atoms. The van der Waals surface area contributed by atoms with E-state index >= 15 is 0 Å². The van der Waals surface area contributed by atoms with Crippen molar-refractivity contribution in [2.24, 2.45) is 4.40 Å². The zero-order valence-electron chi connectivity index (χ0n) is 13.5. The van der Waals surface area contributed by atoms with Gasteiger partial charge in [0.05, 0.1) is 28.6 Å². The Morgan fingerprint density at radius 3 is 2.92 bits per heavy atom. The molecule has 0 fully saturated rings. The lowest BCUT2D eigenvalue weighted by Crippen LogP contribution is -2.38. The highest BCUT2D eigenvalue weighted by atomic mass is 32.2. The van der Waals surface area contributed by atoms with Crippen molar-refractivity contribution in [1.29, 1.82) is 0 Å². The summed E-state index contributed by atoms with van der Waals surface area (Å²) in [6.45, 7) is 2.79. The molecular formula is C15H18N4O3S2. The van der Waals surface area contributed by atoms with Crippen molar-refractivity contribution in [2.45, 2.75) is 19.9 Å². The summed E-state index contributed by atoms with van der Waals surface area (Å²) >= 11 is 1.59. The molecule has 0 unspecified atom stereocenters. The normalized spacial score (nSPS) is 18.7. The molecule has 0 spiro atoms. The van der Waals surface area contributed by atoms with Crippen LogP contribution in [0.3, 0.4) is 0 Å². The Morgan fingerprint density at radius 1 is 1.42 bits per heavy atom. The molecule has 0 N–H and O–H groups in total. The minimum absolute atomic E-state index is 0.0449. The predicted octanol–water partition coefficient (Wildman–Crippen LogP) is 1.16. The lowest BCUT2D eigenvalue weighted by molar-refractivity contribution is -0.126. The summed E-state index contributed by atoms with van der Waals surface area (Å²) in [4.78, 5) is 20.3. The average molecular weight is 366 g/mol. The summed E-state index contributed by atoms with van der Waals surface area (Å²) < 4.78 is 26.7. The molecule has 1 aromatic rings. The maximum atomic E-state index is 12.6. The molecule has 0 aromatic carbocycles. The fourth-order valence-corrected chi connectivity index (χ4v) is 4.15. The van der Waals surface area contributed by atoms with Gasteiger partial charge < -0.3 is 9.80 Å². The van der Waals surface area contributed by atoms with Crippen LogP contribution in [-0.2, 0) is 27.8 Å². The van der Waals surface area contributed by atoms with Gasteiger partial charge in [0.15, 0.2) is 0 Å². The van der Waals surface area contributed by atoms with Gasteiger partial charge in [0, 0.05) is 25.2 Å². The number of thiazole rings is 1. The van der Waals surface area contributed by atoms with Crippen molar-refractivity contribution in [3.8, 4) is 0 Å². The third-order valence-corrected chi connectivity index (χ3v) is 5.92. The Bertz CT molecular complexity index is 852. The van der Waals surface area contributed by atoms with E-state index in [9.17, 15) is 13.2 Å². The fourth-order valence-electron chi connectivity index (χ4n) is 2.45. The van der Waals surface area contributed by atoms with Crippen molar-refractivity contribution in [1.82, 2.24) is 14.8 Å². The molecule has 3 rings (SSSR count). The number of hydrogen-bond acceptors (Lipinski definition) is 6. The van der Waals surface area contributed by atoms with Gasteiger partial charge in [-0.3, -0.25) is 4.79 Å². The Balaban J connectivity index is 1.71. The molecule has 0 saturated carbocycles. The number of aryl methyl sites for hydroxylation is 1. The molecule has 0 radical (unpaired) electrons. The molecule has 0 saturated heterocycles. The van der Waals surface area contributed by atoms with Crippen LogP contribution in [0.15, 0.2) is 33.7 Å². The van der Waals surface area contributed by atoms with Crippen LogP contribution >= 0.6 is 11.3 Å². The minimum Gasteiger partial charge on any atom is -0.336 e. The summed E-state index contributed by atoms with van der Waals surface area (Å²) in [5.74, 6) is 0.175. The number of rotatable bonds is 4. The van der Waals surface area contributed by atoms with E-state index in [0.29, 0.717) is 24.5 Å². The number of likely N-dealkylation sites (N-methyl/N-ethyl adjacent to an activating group) is 1. The molecule has 128 valence electrons. The smallest absolute Gasteiger partial charge is 0.256 e. The van der Waals surface area contributed by atoms with Crippen molar-refractivity contribution in [2.75, 3.05) is 19.3 Å². The number of carbonyl (C=O) groups is 1. The fraction of sp³-hybridized carbons (Fsp3) is 0.400. The molecule has 7 nitrogen and oxygen atoms in total. The molecule has 3 heterocycles. The van der Waals surface area contributed by atoms with Crippen LogP contribution < -0.4 is 0 Å². The van der Waals surface area contributed by atoms with Gasteiger partial charge in [-0.2, -0.15) is 0 Å². The van der Waals surface area contributed by atoms with Crippen LogP contribution in [0.4, 0.5) is 0 Å². The number of fused-ring (bicyclic) bond motifs is 1. The monoisotopic (exact) mass is 366 g/mol. The van der Waals surface area contributed by atoms with Crippen molar-refractivity contribution in [3.05, 3.63) is 40.0 Å². The molecule has 0 atom stereocenters. The van der Waals surface area contributed by atoms with Crippen LogP contribution in [0.5, 0.6) is 0 Å². The van der Waals surface area contributed by atoms with Gasteiger partial charge >= 0.3 is 0 Å². The minimum atomic E-state index is -3.38. The van der Waals surface area contributed by atoms with Crippen LogP contribution in [-0.4, -0.2) is 54.3 Å². The first-order valence-electron chi connectivity index (χ1n) is 7.56. The summed E-state index contributed by atoms with van der Waals surface area (Å²) in [6.07, 6.45) is 5.71. The van der Waals surface area contributed by atoms with E-state index in [0.717, 1.165) is 17.1 Å². The Labute approximate surface area is 145 Å². The van der Waals surface area contributed by atoms with Crippen LogP contribution in [0.25, 0.3) is 0 Å². The van der Waals surface area contributed by atoms with Crippen molar-refractivity contribution in [3.63, 3.8) is 0 Å². The summed E-state index contributed by atoms with van der Waals surface area (Å²) in [5, 5.41) is 3.02. The van der Waals surface area contributed by atoms with E-state index in [4.69, 9.17) is 0 Å². The maximum absolute atomic E-state index is 12.6. The number of amides is 1. The van der Waals surface area contributed by atoms with Gasteiger partial charge in [-0.05, 0) is 18.6 Å². The van der Waals surface area contributed by atoms with Crippen molar-refractivity contribution >= 4 is 33.1 Å². The maximum Gasteiger partial charge on any atom is 0.256 e. The Morgan fingerprint density at radius 2 is 2.21 bits per heavy atom. The molecule has 1 aromatic heterocycles. The molecular weight excluding hydrogens is 348 g/mol. The van der Waals surface area contributed by atoms with Crippen LogP contribution in [0, 0.1) is 0 Å². The predicted molar refractivity (Wildman–Crippen MR) is 93.1 cm³/mol. The number of amidine groups is 1. The van der Waals surface area contributed by atoms with E-state index in [-0.39, 0.29) is 11.7 Å². The summed E-state index contributed by atoms with van der Waals surface area (Å²) in [6, 6.07) is 0. The van der Waals surface area contributed by atoms with Crippen molar-refractivity contribution < 1.29 is 13.2 Å². The molecule has 2 aliphatic rings. The standard InChI is InChI=1S/C15H18N4O3S2/c1-3-14-16-12(10-23-14)9-18(2)15(20)11-4-5-13-17-24(21,22)7-6-19(13)8-11/h4-5,8,10H,3,6-7,9H2,1-2H3. The number of aromatic nitrogens is 1. The Hall–Kier alpha value is -2.00. The first kappa shape index (κ1) is 16.8. The van der Waals surface area contributed by atoms with Gasteiger partial charge in [-0.25, -0.2) is 13.4 Å². The van der Waals surface area contributed by atoms with E-state index in [1.54, 1.807) is 46.5 Å². The number of nitrogens with zero attached hydrogens (tertiary/aromatic N) is 4. The lowest BCUT2D eigenvalue weighted by Gasteiger charge is -2.28. The highest BCUT2D eigenvalue weighted by molar-refractivity contribution is 7.90. The number of hydrogen-bond donors (Lipinski definition) is 0. The second-order valence-electron chi connectivity index (χ2n) is 5.59. The molecule has 0 bridgehead atoms. The van der Waals surface area contributed by atoms with E-state index in [2.05, 4.69) is 9.38 Å². The summed E-state index contributed by atoms with van der Waals surface area (Å²) in [5.41, 5.74) is 1.38. The zero-order valence-corrected chi connectivity index (χ0v) is 15.1. The first-order valence-corrected chi connectivity index (χ1v) is 10.0. The molecule has 2 aliphatic heterocycles. The molecule has 9 heteroatoms. The molecule has 1 amide bonds. The Kier molecular flexibility index (Phi) is 4.55. The van der Waals surface area contributed by atoms with Crippen LogP contribution in [0.2, 0.25) is 0 Å². The highest BCUT2D eigenvalue weighted by Crippen LogP contribution is 2.18.